The topological polar surface area (TPSA) is 87.5 Å². The Bertz CT molecular complexity index is 1570. The van der Waals surface area contributed by atoms with Crippen LogP contribution < -0.4 is 15.8 Å². The van der Waals surface area contributed by atoms with Crippen LogP contribution in [0.1, 0.15) is 45.6 Å². The minimum absolute atomic E-state index is 0.0670. The number of aromatic nitrogens is 2. The first-order chi connectivity index (χ1) is 17.2. The number of benzene rings is 3. The lowest BCUT2D eigenvalue weighted by atomic mass is 10.0. The predicted molar refractivity (Wildman–Crippen MR) is 133 cm³/mol. The molecule has 36 heavy (non-hydrogen) atoms. The number of carbonyl (C=O) groups is 1. The molecule has 2 N–H and O–H groups in total. The molecule has 0 spiro atoms. The molecule has 5 rings (SSSR count). The number of carboxylic acid groups (broad SMARTS) is 1. The quantitative estimate of drug-likeness (QED) is 0.413. The summed E-state index contributed by atoms with van der Waals surface area (Å²) in [7, 11) is 1.69. The molecule has 3 aromatic carbocycles. The van der Waals surface area contributed by atoms with Crippen LogP contribution in [0.15, 0.2) is 53.3 Å². The summed E-state index contributed by atoms with van der Waals surface area (Å²) in [5.41, 5.74) is 3.21. The summed E-state index contributed by atoms with van der Waals surface area (Å²) in [4.78, 5) is 32.0. The van der Waals surface area contributed by atoms with Crippen molar-refractivity contribution in [2.24, 2.45) is 7.05 Å². The number of aryl methyl sites for hydroxylation is 1. The first-order valence-corrected chi connectivity index (χ1v) is 11.5. The van der Waals surface area contributed by atoms with Crippen LogP contribution in [-0.4, -0.2) is 20.6 Å². The number of carboxylic acids is 1. The molecule has 4 aromatic rings. The maximum Gasteiger partial charge on any atom is 0.340 e. The second-order valence-corrected chi connectivity index (χ2v) is 9.11. The van der Waals surface area contributed by atoms with Crippen LogP contribution in [0.3, 0.4) is 0 Å². The van der Waals surface area contributed by atoms with Crippen LogP contribution in [0.5, 0.6) is 0 Å². The van der Waals surface area contributed by atoms with E-state index in [0.717, 1.165) is 11.6 Å². The van der Waals surface area contributed by atoms with Gasteiger partial charge in [0.1, 0.15) is 5.56 Å². The molecular formula is C27H24F2N4O3. The summed E-state index contributed by atoms with van der Waals surface area (Å²) < 4.78 is 29.5. The molecule has 0 fully saturated rings. The molecule has 1 aliphatic heterocycles. The molecule has 0 amide bonds. The van der Waals surface area contributed by atoms with Crippen LogP contribution in [-0.2, 0) is 20.1 Å². The Balaban J connectivity index is 1.61. The van der Waals surface area contributed by atoms with Crippen LogP contribution in [0.2, 0.25) is 0 Å². The van der Waals surface area contributed by atoms with Crippen LogP contribution in [0.25, 0.3) is 10.9 Å². The fraction of sp³-hybridized carbons (Fsp3) is 0.222. The molecule has 1 atom stereocenters. The number of hydrogen-bond donors (Lipinski definition) is 2. The van der Waals surface area contributed by atoms with Gasteiger partial charge in [0.15, 0.2) is 11.6 Å². The Morgan fingerprint density at radius 1 is 1.11 bits per heavy atom. The van der Waals surface area contributed by atoms with Gasteiger partial charge in [0.2, 0.25) is 5.95 Å². The van der Waals surface area contributed by atoms with E-state index < -0.39 is 29.2 Å². The maximum atomic E-state index is 14.3. The van der Waals surface area contributed by atoms with E-state index in [1.807, 2.05) is 30.0 Å². The average Bonchev–Trinajstić information content (AvgIpc) is 3.27. The molecular weight excluding hydrogens is 466 g/mol. The first kappa shape index (κ1) is 23.5. The Morgan fingerprint density at radius 2 is 1.78 bits per heavy atom. The minimum atomic E-state index is -1.58. The average molecular weight is 491 g/mol. The summed E-state index contributed by atoms with van der Waals surface area (Å²) in [5, 5.41) is 12.9. The van der Waals surface area contributed by atoms with E-state index in [9.17, 15) is 23.5 Å². The Morgan fingerprint density at radius 3 is 2.42 bits per heavy atom. The van der Waals surface area contributed by atoms with Gasteiger partial charge in [-0.1, -0.05) is 30.3 Å². The number of rotatable bonds is 5. The molecule has 0 saturated carbocycles. The van der Waals surface area contributed by atoms with E-state index in [1.54, 1.807) is 20.0 Å². The highest BCUT2D eigenvalue weighted by molar-refractivity contribution is 5.95. The molecule has 1 aliphatic rings. The van der Waals surface area contributed by atoms with Crippen LogP contribution >= 0.6 is 0 Å². The summed E-state index contributed by atoms with van der Waals surface area (Å²) >= 11 is 0. The summed E-state index contributed by atoms with van der Waals surface area (Å²) in [6.45, 7) is 4.84. The molecule has 1 aromatic heterocycles. The lowest BCUT2D eigenvalue weighted by molar-refractivity contribution is 0.0691. The second-order valence-electron chi connectivity index (χ2n) is 9.11. The number of nitrogens with zero attached hydrogens (tertiary/aromatic N) is 3. The standard InChI is InChI=1S/C27H24F2N4O3/c1-14-10-18(15(2)30-21-9-8-20(28)23(29)22(21)26(35)36)24-19(11-14)25(34)32(3)27(31-24)33-12-16-6-4-5-7-17(16)13-33/h4-11,15,30H,12-13H2,1-3H3,(H,35,36). The number of aromatic carboxylic acids is 1. The van der Waals surface area contributed by atoms with E-state index in [1.165, 1.54) is 21.8 Å². The number of hydrogen-bond acceptors (Lipinski definition) is 5. The zero-order chi connectivity index (χ0) is 25.7. The van der Waals surface area contributed by atoms with E-state index >= 15 is 0 Å². The van der Waals surface area contributed by atoms with Gasteiger partial charge in [-0.05, 0) is 48.7 Å². The highest BCUT2D eigenvalue weighted by atomic mass is 19.2. The van der Waals surface area contributed by atoms with Gasteiger partial charge in [-0.25, -0.2) is 18.6 Å². The smallest absolute Gasteiger partial charge is 0.340 e. The van der Waals surface area contributed by atoms with E-state index in [0.29, 0.717) is 35.5 Å². The zero-order valence-corrected chi connectivity index (χ0v) is 20.0. The van der Waals surface area contributed by atoms with Crippen molar-refractivity contribution in [1.29, 1.82) is 0 Å². The lowest BCUT2D eigenvalue weighted by Gasteiger charge is -2.23. The SMILES string of the molecule is Cc1cc(C(C)Nc2ccc(F)c(F)c2C(=O)O)c2nc(N3Cc4ccccc4C3)n(C)c(=O)c2c1. The Hall–Kier alpha value is -4.27. The third-order valence-corrected chi connectivity index (χ3v) is 6.60. The normalized spacial score (nSPS) is 13.6. The van der Waals surface area contributed by atoms with Crippen LogP contribution in [0, 0.1) is 18.6 Å². The zero-order valence-electron chi connectivity index (χ0n) is 20.0. The molecule has 0 aliphatic carbocycles. The maximum absolute atomic E-state index is 14.3. The number of halogens is 2. The molecule has 2 heterocycles. The number of anilines is 2. The Labute approximate surface area is 205 Å². The number of nitrogens with one attached hydrogen (secondary N) is 1. The monoisotopic (exact) mass is 490 g/mol. The summed E-state index contributed by atoms with van der Waals surface area (Å²) in [5.74, 6) is -3.75. The molecule has 184 valence electrons. The van der Waals surface area contributed by atoms with Crippen molar-refractivity contribution in [1.82, 2.24) is 9.55 Å². The van der Waals surface area contributed by atoms with E-state index in [-0.39, 0.29) is 11.2 Å². The molecule has 1 unspecified atom stereocenters. The largest absolute Gasteiger partial charge is 0.478 e. The molecule has 0 bridgehead atoms. The third-order valence-electron chi connectivity index (χ3n) is 6.60. The van der Waals surface area contributed by atoms with Crippen LogP contribution in [0.4, 0.5) is 20.4 Å². The Kier molecular flexibility index (Phi) is 5.70. The predicted octanol–water partition coefficient (Wildman–Crippen LogP) is 4.91. The highest BCUT2D eigenvalue weighted by Crippen LogP contribution is 2.32. The van der Waals surface area contributed by atoms with Gasteiger partial charge >= 0.3 is 5.97 Å². The summed E-state index contributed by atoms with van der Waals surface area (Å²) in [6.07, 6.45) is 0. The van der Waals surface area contributed by atoms with E-state index in [2.05, 4.69) is 17.4 Å². The van der Waals surface area contributed by atoms with E-state index in [4.69, 9.17) is 4.98 Å². The summed E-state index contributed by atoms with van der Waals surface area (Å²) in [6, 6.07) is 13.2. The van der Waals surface area contributed by atoms with Crippen molar-refractivity contribution < 1.29 is 18.7 Å². The lowest BCUT2D eigenvalue weighted by Crippen LogP contribution is -2.28. The van der Waals surface area contributed by atoms with Gasteiger partial charge in [-0.3, -0.25) is 9.36 Å². The molecule has 0 radical (unpaired) electrons. The van der Waals surface area contributed by atoms with Crippen molar-refractivity contribution in [3.63, 3.8) is 0 Å². The van der Waals surface area contributed by atoms with Crippen molar-refractivity contribution in [2.75, 3.05) is 10.2 Å². The minimum Gasteiger partial charge on any atom is -0.478 e. The first-order valence-electron chi connectivity index (χ1n) is 11.5. The van der Waals surface area contributed by atoms with Gasteiger partial charge < -0.3 is 15.3 Å². The highest BCUT2D eigenvalue weighted by Gasteiger charge is 2.25. The molecule has 7 nitrogen and oxygen atoms in total. The van der Waals surface area contributed by atoms with Crippen molar-refractivity contribution >= 4 is 28.5 Å². The van der Waals surface area contributed by atoms with Gasteiger partial charge in [0.05, 0.1) is 22.6 Å². The third kappa shape index (κ3) is 3.86. The van der Waals surface area contributed by atoms with Gasteiger partial charge in [0.25, 0.3) is 5.56 Å². The second kappa shape index (κ2) is 8.75. The fourth-order valence-electron chi connectivity index (χ4n) is 4.82. The molecule has 9 heteroatoms. The fourth-order valence-corrected chi connectivity index (χ4v) is 4.82. The number of fused-ring (bicyclic) bond motifs is 2. The van der Waals surface area contributed by atoms with Gasteiger partial charge in [0, 0.05) is 25.7 Å². The van der Waals surface area contributed by atoms with Crippen molar-refractivity contribution in [2.45, 2.75) is 33.0 Å². The van der Waals surface area contributed by atoms with Crippen molar-refractivity contribution in [3.05, 3.63) is 98.3 Å². The molecule has 0 saturated heterocycles. The van der Waals surface area contributed by atoms with Gasteiger partial charge in [-0.2, -0.15) is 0 Å². The van der Waals surface area contributed by atoms with Gasteiger partial charge in [-0.15, -0.1) is 0 Å². The van der Waals surface area contributed by atoms with Crippen molar-refractivity contribution in [3.8, 4) is 0 Å².